The van der Waals surface area contributed by atoms with Crippen molar-refractivity contribution >= 4 is 12.4 Å². The lowest BCUT2D eigenvalue weighted by atomic mass is 10.0. The van der Waals surface area contributed by atoms with Gasteiger partial charge in [0.05, 0.1) is 14.2 Å². The molecule has 1 aliphatic rings. The Morgan fingerprint density at radius 2 is 1.95 bits per heavy atom. The Balaban J connectivity index is 0.00000200. The second-order valence-electron chi connectivity index (χ2n) is 5.05. The number of benzene rings is 1. The second-order valence-corrected chi connectivity index (χ2v) is 5.05. The van der Waals surface area contributed by atoms with E-state index in [-0.39, 0.29) is 12.4 Å². The topological polar surface area (TPSA) is 47.7 Å². The van der Waals surface area contributed by atoms with Crippen molar-refractivity contribution in [1.82, 2.24) is 4.90 Å². The molecule has 1 aromatic rings. The fourth-order valence-corrected chi connectivity index (χ4v) is 2.75. The van der Waals surface area contributed by atoms with Gasteiger partial charge in [0.2, 0.25) is 0 Å². The van der Waals surface area contributed by atoms with Gasteiger partial charge in [-0.1, -0.05) is 12.5 Å². The number of likely N-dealkylation sites (tertiary alicyclic amines) is 1. The Kier molecular flexibility index (Phi) is 7.13. The average molecular weight is 301 g/mol. The van der Waals surface area contributed by atoms with Crippen LogP contribution in [0.15, 0.2) is 18.2 Å². The normalized spacial score (nSPS) is 19.2. The van der Waals surface area contributed by atoms with Gasteiger partial charge in [-0.05, 0) is 37.1 Å². The average Bonchev–Trinajstić information content (AvgIpc) is 2.47. The van der Waals surface area contributed by atoms with Gasteiger partial charge in [0.15, 0.2) is 11.5 Å². The van der Waals surface area contributed by atoms with Crippen molar-refractivity contribution in [1.29, 1.82) is 0 Å². The zero-order chi connectivity index (χ0) is 13.7. The molecular weight excluding hydrogens is 276 g/mol. The van der Waals surface area contributed by atoms with Gasteiger partial charge in [0, 0.05) is 19.1 Å². The SMILES string of the molecule is COc1ccc(CN2CCCCC2CN)cc1OC.Cl. The fourth-order valence-electron chi connectivity index (χ4n) is 2.75. The molecule has 1 heterocycles. The Morgan fingerprint density at radius 3 is 2.60 bits per heavy atom. The maximum absolute atomic E-state index is 5.86. The molecule has 1 unspecified atom stereocenters. The van der Waals surface area contributed by atoms with E-state index in [4.69, 9.17) is 15.2 Å². The van der Waals surface area contributed by atoms with E-state index >= 15 is 0 Å². The monoisotopic (exact) mass is 300 g/mol. The van der Waals surface area contributed by atoms with Crippen molar-refractivity contribution in [2.24, 2.45) is 5.73 Å². The van der Waals surface area contributed by atoms with Gasteiger partial charge in [0.25, 0.3) is 0 Å². The van der Waals surface area contributed by atoms with Gasteiger partial charge in [0.1, 0.15) is 0 Å². The summed E-state index contributed by atoms with van der Waals surface area (Å²) in [7, 11) is 3.33. The van der Waals surface area contributed by atoms with Crippen molar-refractivity contribution in [3.8, 4) is 11.5 Å². The van der Waals surface area contributed by atoms with Gasteiger partial charge in [-0.15, -0.1) is 12.4 Å². The van der Waals surface area contributed by atoms with E-state index in [0.717, 1.165) is 31.1 Å². The number of rotatable bonds is 5. The molecular formula is C15H25ClN2O2. The standard InChI is InChI=1S/C15H24N2O2.ClH/c1-18-14-7-6-12(9-15(14)19-2)11-17-8-4-3-5-13(17)10-16;/h6-7,9,13H,3-5,8,10-11,16H2,1-2H3;1H. The highest BCUT2D eigenvalue weighted by Gasteiger charge is 2.21. The molecule has 0 spiro atoms. The highest BCUT2D eigenvalue weighted by molar-refractivity contribution is 5.85. The van der Waals surface area contributed by atoms with Crippen molar-refractivity contribution in [2.75, 3.05) is 27.3 Å². The first-order chi connectivity index (χ1) is 9.28. The Hall–Kier alpha value is -0.970. The third-order valence-corrected chi connectivity index (χ3v) is 3.85. The maximum atomic E-state index is 5.86. The van der Waals surface area contributed by atoms with Gasteiger partial charge in [-0.3, -0.25) is 4.90 Å². The number of hydrogen-bond acceptors (Lipinski definition) is 4. The molecule has 0 aliphatic carbocycles. The first-order valence-corrected chi connectivity index (χ1v) is 6.93. The number of nitrogens with zero attached hydrogens (tertiary/aromatic N) is 1. The van der Waals surface area contributed by atoms with Crippen LogP contribution in [-0.4, -0.2) is 38.3 Å². The summed E-state index contributed by atoms with van der Waals surface area (Å²) < 4.78 is 10.6. The molecule has 0 saturated carbocycles. The molecule has 2 rings (SSSR count). The van der Waals surface area contributed by atoms with Crippen LogP contribution in [-0.2, 0) is 6.54 Å². The van der Waals surface area contributed by atoms with Crippen LogP contribution in [0.1, 0.15) is 24.8 Å². The second kappa shape index (κ2) is 8.35. The minimum Gasteiger partial charge on any atom is -0.493 e. The van der Waals surface area contributed by atoms with Crippen molar-refractivity contribution in [3.63, 3.8) is 0 Å². The van der Waals surface area contributed by atoms with Crippen LogP contribution < -0.4 is 15.2 Å². The smallest absolute Gasteiger partial charge is 0.161 e. The minimum atomic E-state index is 0. The summed E-state index contributed by atoms with van der Waals surface area (Å²) in [5, 5.41) is 0. The van der Waals surface area contributed by atoms with E-state index in [9.17, 15) is 0 Å². The van der Waals surface area contributed by atoms with E-state index in [1.807, 2.05) is 6.07 Å². The Bertz CT molecular complexity index is 415. The molecule has 1 fully saturated rings. The number of hydrogen-bond donors (Lipinski definition) is 1. The molecule has 0 amide bonds. The molecule has 1 aliphatic heterocycles. The van der Waals surface area contributed by atoms with Crippen LogP contribution in [0.3, 0.4) is 0 Å². The lowest BCUT2D eigenvalue weighted by Gasteiger charge is -2.35. The Morgan fingerprint density at radius 1 is 1.20 bits per heavy atom. The predicted molar refractivity (Wildman–Crippen MR) is 83.9 cm³/mol. The molecule has 1 saturated heterocycles. The third-order valence-electron chi connectivity index (χ3n) is 3.85. The summed E-state index contributed by atoms with van der Waals surface area (Å²) in [4.78, 5) is 2.48. The van der Waals surface area contributed by atoms with Crippen LogP contribution in [0.2, 0.25) is 0 Å². The predicted octanol–water partition coefficient (Wildman–Crippen LogP) is 2.44. The Labute approximate surface area is 127 Å². The summed E-state index contributed by atoms with van der Waals surface area (Å²) in [6.45, 7) is 2.81. The van der Waals surface area contributed by atoms with Crippen LogP contribution in [0, 0.1) is 0 Å². The zero-order valence-electron chi connectivity index (χ0n) is 12.3. The van der Waals surface area contributed by atoms with Crippen LogP contribution in [0.5, 0.6) is 11.5 Å². The fraction of sp³-hybridized carbons (Fsp3) is 0.600. The highest BCUT2D eigenvalue weighted by Crippen LogP contribution is 2.29. The van der Waals surface area contributed by atoms with Crippen molar-refractivity contribution in [2.45, 2.75) is 31.8 Å². The van der Waals surface area contributed by atoms with Gasteiger partial charge >= 0.3 is 0 Å². The molecule has 2 N–H and O–H groups in total. The van der Waals surface area contributed by atoms with Crippen LogP contribution in [0.25, 0.3) is 0 Å². The summed E-state index contributed by atoms with van der Waals surface area (Å²) in [5.41, 5.74) is 7.11. The maximum Gasteiger partial charge on any atom is 0.161 e. The highest BCUT2D eigenvalue weighted by atomic mass is 35.5. The summed E-state index contributed by atoms with van der Waals surface area (Å²) >= 11 is 0. The van der Waals surface area contributed by atoms with Crippen molar-refractivity contribution in [3.05, 3.63) is 23.8 Å². The number of nitrogens with two attached hydrogens (primary N) is 1. The quantitative estimate of drug-likeness (QED) is 0.907. The van der Waals surface area contributed by atoms with E-state index in [1.54, 1.807) is 14.2 Å². The van der Waals surface area contributed by atoms with Gasteiger partial charge in [-0.2, -0.15) is 0 Å². The lowest BCUT2D eigenvalue weighted by molar-refractivity contribution is 0.144. The van der Waals surface area contributed by atoms with E-state index in [2.05, 4.69) is 17.0 Å². The number of methoxy groups -OCH3 is 2. The zero-order valence-corrected chi connectivity index (χ0v) is 13.1. The molecule has 1 aromatic carbocycles. The molecule has 0 aromatic heterocycles. The molecule has 20 heavy (non-hydrogen) atoms. The first-order valence-electron chi connectivity index (χ1n) is 6.93. The van der Waals surface area contributed by atoms with E-state index < -0.39 is 0 Å². The number of ether oxygens (including phenoxy) is 2. The number of halogens is 1. The molecule has 0 bridgehead atoms. The third kappa shape index (κ3) is 4.01. The molecule has 114 valence electrons. The number of piperidine rings is 1. The molecule has 5 heteroatoms. The van der Waals surface area contributed by atoms with Crippen LogP contribution >= 0.6 is 12.4 Å². The lowest BCUT2D eigenvalue weighted by Crippen LogP contribution is -2.43. The molecule has 0 radical (unpaired) electrons. The largest absolute Gasteiger partial charge is 0.493 e. The van der Waals surface area contributed by atoms with Gasteiger partial charge < -0.3 is 15.2 Å². The summed E-state index contributed by atoms with van der Waals surface area (Å²) in [6, 6.07) is 6.64. The van der Waals surface area contributed by atoms with E-state index in [1.165, 1.54) is 24.8 Å². The van der Waals surface area contributed by atoms with Gasteiger partial charge in [-0.25, -0.2) is 0 Å². The summed E-state index contributed by atoms with van der Waals surface area (Å²) in [6.07, 6.45) is 3.78. The molecule has 1 atom stereocenters. The molecule has 4 nitrogen and oxygen atoms in total. The first kappa shape index (κ1) is 17.1. The van der Waals surface area contributed by atoms with E-state index in [0.29, 0.717) is 6.04 Å². The summed E-state index contributed by atoms with van der Waals surface area (Å²) in [5.74, 6) is 1.57. The van der Waals surface area contributed by atoms with Crippen LogP contribution in [0.4, 0.5) is 0 Å². The van der Waals surface area contributed by atoms with Crippen molar-refractivity contribution < 1.29 is 9.47 Å². The minimum absolute atomic E-state index is 0.